The number of allylic oxidation sites excluding steroid dienone is 1. The number of hydrogen-bond acceptors (Lipinski definition) is 4. The lowest BCUT2D eigenvalue weighted by Crippen LogP contribution is -2.26. The fourth-order valence-electron chi connectivity index (χ4n) is 3.15. The van der Waals surface area contributed by atoms with Crippen molar-refractivity contribution in [3.05, 3.63) is 58.9 Å². The highest BCUT2D eigenvalue weighted by molar-refractivity contribution is 5.92. The summed E-state index contributed by atoms with van der Waals surface area (Å²) in [6.45, 7) is 4.55. The highest BCUT2D eigenvalue weighted by Gasteiger charge is 2.11. The third kappa shape index (κ3) is 5.15. The lowest BCUT2D eigenvalue weighted by Gasteiger charge is -2.13. The van der Waals surface area contributed by atoms with Gasteiger partial charge in [0.25, 0.3) is 5.91 Å². The van der Waals surface area contributed by atoms with Crippen LogP contribution in [0.2, 0.25) is 0 Å². The van der Waals surface area contributed by atoms with Gasteiger partial charge in [-0.1, -0.05) is 23.8 Å². The van der Waals surface area contributed by atoms with E-state index in [0.717, 1.165) is 29.8 Å². The Balaban J connectivity index is 1.62. The summed E-state index contributed by atoms with van der Waals surface area (Å²) in [5.74, 6) is 0.287. The molecule has 0 saturated heterocycles. The molecule has 1 aromatic carbocycles. The van der Waals surface area contributed by atoms with Gasteiger partial charge in [-0.2, -0.15) is 0 Å². The number of nitrogens with zero attached hydrogens (tertiary/aromatic N) is 2. The Labute approximate surface area is 155 Å². The number of hydrogen-bond donors (Lipinski definition) is 2. The summed E-state index contributed by atoms with van der Waals surface area (Å²) in [5, 5.41) is 6.15. The molecular weight excluding hydrogens is 324 g/mol. The number of carbonyl (C=O) groups excluding carboxylic acids is 1. The molecule has 26 heavy (non-hydrogen) atoms. The molecule has 0 aliphatic heterocycles. The zero-order chi connectivity index (χ0) is 18.4. The molecule has 0 spiro atoms. The number of aromatic nitrogens is 2. The van der Waals surface area contributed by atoms with Crippen LogP contribution >= 0.6 is 0 Å². The van der Waals surface area contributed by atoms with Gasteiger partial charge in [-0.05, 0) is 69.7 Å². The molecule has 0 unspecified atom stereocenters. The van der Waals surface area contributed by atoms with E-state index in [0.29, 0.717) is 18.2 Å². The average molecular weight is 350 g/mol. The van der Waals surface area contributed by atoms with E-state index in [1.807, 2.05) is 38.1 Å². The summed E-state index contributed by atoms with van der Waals surface area (Å²) in [6, 6.07) is 9.69. The zero-order valence-electron chi connectivity index (χ0n) is 15.5. The minimum absolute atomic E-state index is 0.154. The van der Waals surface area contributed by atoms with Gasteiger partial charge in [-0.15, -0.1) is 0 Å². The molecule has 0 saturated carbocycles. The Morgan fingerprint density at radius 2 is 2.04 bits per heavy atom. The summed E-state index contributed by atoms with van der Waals surface area (Å²) >= 11 is 0. The van der Waals surface area contributed by atoms with Gasteiger partial charge in [-0.25, -0.2) is 9.97 Å². The number of nitrogens with one attached hydrogen (secondary N) is 2. The fraction of sp³-hybridized carbons (Fsp3) is 0.381. The minimum atomic E-state index is -0.154. The third-order valence-corrected chi connectivity index (χ3v) is 4.48. The van der Waals surface area contributed by atoms with Crippen LogP contribution < -0.4 is 10.6 Å². The first kappa shape index (κ1) is 18.1. The van der Waals surface area contributed by atoms with Gasteiger partial charge in [0, 0.05) is 17.9 Å². The van der Waals surface area contributed by atoms with Crippen LogP contribution in [0.3, 0.4) is 0 Å². The van der Waals surface area contributed by atoms with Gasteiger partial charge in [0.05, 0.1) is 0 Å². The van der Waals surface area contributed by atoms with Gasteiger partial charge in [0.1, 0.15) is 5.69 Å². The van der Waals surface area contributed by atoms with Gasteiger partial charge in [-0.3, -0.25) is 4.79 Å². The first-order valence-electron chi connectivity index (χ1n) is 9.25. The van der Waals surface area contributed by atoms with Crippen LogP contribution in [-0.2, 0) is 0 Å². The number of amides is 1. The van der Waals surface area contributed by atoms with Crippen LogP contribution in [0.1, 0.15) is 53.8 Å². The molecule has 5 heteroatoms. The normalized spacial score (nSPS) is 13.8. The van der Waals surface area contributed by atoms with E-state index < -0.39 is 0 Å². The van der Waals surface area contributed by atoms with E-state index in [4.69, 9.17) is 0 Å². The van der Waals surface area contributed by atoms with E-state index in [1.165, 1.54) is 24.8 Å². The number of benzene rings is 1. The lowest BCUT2D eigenvalue weighted by molar-refractivity contribution is 0.0949. The van der Waals surface area contributed by atoms with E-state index in [2.05, 4.69) is 26.7 Å². The average Bonchev–Trinajstić information content (AvgIpc) is 2.62. The van der Waals surface area contributed by atoms with Gasteiger partial charge in [0.2, 0.25) is 5.95 Å². The van der Waals surface area contributed by atoms with Crippen molar-refractivity contribution in [2.75, 3.05) is 11.9 Å². The Kier molecular flexibility index (Phi) is 6.00. The highest BCUT2D eigenvalue weighted by atomic mass is 16.1. The molecule has 3 rings (SSSR count). The second kappa shape index (κ2) is 8.61. The van der Waals surface area contributed by atoms with E-state index in [1.54, 1.807) is 6.07 Å². The molecule has 1 heterocycles. The summed E-state index contributed by atoms with van der Waals surface area (Å²) in [7, 11) is 0. The molecule has 0 atom stereocenters. The van der Waals surface area contributed by atoms with Crippen molar-refractivity contribution < 1.29 is 4.79 Å². The molecule has 136 valence electrons. The summed E-state index contributed by atoms with van der Waals surface area (Å²) < 4.78 is 0. The molecule has 0 radical (unpaired) electrons. The maximum Gasteiger partial charge on any atom is 0.270 e. The molecule has 5 nitrogen and oxygen atoms in total. The Morgan fingerprint density at radius 3 is 2.81 bits per heavy atom. The summed E-state index contributed by atoms with van der Waals surface area (Å²) in [5.41, 5.74) is 4.67. The van der Waals surface area contributed by atoms with E-state index in [9.17, 15) is 4.79 Å². The molecule has 1 aliphatic carbocycles. The number of rotatable bonds is 6. The lowest BCUT2D eigenvalue weighted by atomic mass is 9.97. The Morgan fingerprint density at radius 1 is 1.15 bits per heavy atom. The van der Waals surface area contributed by atoms with Crippen molar-refractivity contribution in [2.45, 2.75) is 46.0 Å². The smallest absolute Gasteiger partial charge is 0.270 e. The maximum absolute atomic E-state index is 12.4. The molecule has 1 aliphatic rings. The van der Waals surface area contributed by atoms with Crippen LogP contribution in [0.25, 0.3) is 0 Å². The van der Waals surface area contributed by atoms with Crippen molar-refractivity contribution in [2.24, 2.45) is 0 Å². The van der Waals surface area contributed by atoms with Crippen LogP contribution in [0.15, 0.2) is 42.0 Å². The van der Waals surface area contributed by atoms with Crippen molar-refractivity contribution in [1.29, 1.82) is 0 Å². The summed E-state index contributed by atoms with van der Waals surface area (Å²) in [6.07, 6.45) is 8.11. The van der Waals surface area contributed by atoms with E-state index in [-0.39, 0.29) is 5.91 Å². The third-order valence-electron chi connectivity index (χ3n) is 4.48. The van der Waals surface area contributed by atoms with Gasteiger partial charge >= 0.3 is 0 Å². The Hall–Kier alpha value is -2.69. The molecular formula is C21H26N4O. The number of carbonyl (C=O) groups is 1. The highest BCUT2D eigenvalue weighted by Crippen LogP contribution is 2.19. The second-order valence-corrected chi connectivity index (χ2v) is 6.83. The first-order chi connectivity index (χ1) is 12.6. The number of aryl methyl sites for hydroxylation is 2. The van der Waals surface area contributed by atoms with E-state index >= 15 is 0 Å². The monoisotopic (exact) mass is 350 g/mol. The van der Waals surface area contributed by atoms with Crippen molar-refractivity contribution in [1.82, 2.24) is 15.3 Å². The SMILES string of the molecule is Cc1cccc(Nc2nc(C)cc(C(=O)NCCC3=CCCCC3)n2)c1. The first-order valence-corrected chi connectivity index (χ1v) is 9.25. The standard InChI is InChI=1S/C21H26N4O/c1-15-7-6-10-18(13-15)24-21-23-16(2)14-19(25-21)20(26)22-12-11-17-8-4-3-5-9-17/h6-8,10,13-14H,3-5,9,11-12H2,1-2H3,(H,22,26)(H,23,24,25). The predicted octanol–water partition coefficient (Wildman–Crippen LogP) is 4.46. The maximum atomic E-state index is 12.4. The second-order valence-electron chi connectivity index (χ2n) is 6.83. The molecule has 0 fully saturated rings. The van der Waals surface area contributed by atoms with Crippen LogP contribution in [0.4, 0.5) is 11.6 Å². The minimum Gasteiger partial charge on any atom is -0.350 e. The molecule has 0 bridgehead atoms. The largest absolute Gasteiger partial charge is 0.350 e. The fourth-order valence-corrected chi connectivity index (χ4v) is 3.15. The van der Waals surface area contributed by atoms with Crippen molar-refractivity contribution in [3.8, 4) is 0 Å². The quantitative estimate of drug-likeness (QED) is 0.755. The number of anilines is 2. The van der Waals surface area contributed by atoms with Crippen LogP contribution in [-0.4, -0.2) is 22.4 Å². The predicted molar refractivity (Wildman–Crippen MR) is 105 cm³/mol. The summed E-state index contributed by atoms with van der Waals surface area (Å²) in [4.78, 5) is 21.2. The zero-order valence-corrected chi connectivity index (χ0v) is 15.5. The van der Waals surface area contributed by atoms with Crippen LogP contribution in [0.5, 0.6) is 0 Å². The molecule has 2 aromatic rings. The van der Waals surface area contributed by atoms with Crippen LogP contribution in [0, 0.1) is 13.8 Å². The molecule has 1 amide bonds. The van der Waals surface area contributed by atoms with Gasteiger partial charge in [0.15, 0.2) is 0 Å². The van der Waals surface area contributed by atoms with Crippen molar-refractivity contribution >= 4 is 17.5 Å². The molecule has 1 aromatic heterocycles. The topological polar surface area (TPSA) is 66.9 Å². The van der Waals surface area contributed by atoms with Crippen molar-refractivity contribution in [3.63, 3.8) is 0 Å². The Bertz CT molecular complexity index is 813. The van der Waals surface area contributed by atoms with Gasteiger partial charge < -0.3 is 10.6 Å². The molecule has 2 N–H and O–H groups in total.